The average molecular weight is 156 g/mol. The average Bonchev–Trinajstić information content (AvgIpc) is 2.50. The Hall–Kier alpha value is -0.0800. The summed E-state index contributed by atoms with van der Waals surface area (Å²) in [6.07, 6.45) is 4.02. The zero-order valence-corrected chi connectivity index (χ0v) is 7.71. The first-order chi connectivity index (χ1) is 5.29. The van der Waals surface area contributed by atoms with Gasteiger partial charge in [-0.05, 0) is 32.7 Å². The predicted octanol–water partition coefficient (Wildman–Crippen LogP) is 1.21. The Kier molecular flexibility index (Phi) is 3.34. The molecule has 1 aliphatic rings. The van der Waals surface area contributed by atoms with Crippen LogP contribution in [0.25, 0.3) is 0 Å². The van der Waals surface area contributed by atoms with Crippen molar-refractivity contribution in [2.45, 2.75) is 45.2 Å². The first-order valence-corrected chi connectivity index (χ1v) is 4.75. The number of hydrogen-bond donors (Lipinski definition) is 1. The molecule has 0 amide bonds. The summed E-state index contributed by atoms with van der Waals surface area (Å²) in [6, 6.07) is 1.40. The topological polar surface area (TPSA) is 29.3 Å². The fraction of sp³-hybridized carbons (Fsp3) is 1.00. The monoisotopic (exact) mass is 156 g/mol. The molecule has 2 heteroatoms. The van der Waals surface area contributed by atoms with Gasteiger partial charge in [0.25, 0.3) is 0 Å². The largest absolute Gasteiger partial charge is 0.329 e. The van der Waals surface area contributed by atoms with Crippen LogP contribution in [0.2, 0.25) is 0 Å². The summed E-state index contributed by atoms with van der Waals surface area (Å²) >= 11 is 0. The zero-order valence-electron chi connectivity index (χ0n) is 7.71. The van der Waals surface area contributed by atoms with E-state index in [4.69, 9.17) is 5.73 Å². The lowest BCUT2D eigenvalue weighted by Gasteiger charge is -2.28. The van der Waals surface area contributed by atoms with Gasteiger partial charge in [0, 0.05) is 18.6 Å². The van der Waals surface area contributed by atoms with Gasteiger partial charge in [-0.3, -0.25) is 4.90 Å². The van der Waals surface area contributed by atoms with E-state index in [1.807, 2.05) is 0 Å². The minimum absolute atomic E-state index is 0.586. The van der Waals surface area contributed by atoms with E-state index in [1.54, 1.807) is 0 Å². The van der Waals surface area contributed by atoms with Crippen LogP contribution >= 0.6 is 0 Å². The highest BCUT2D eigenvalue weighted by Gasteiger charge is 2.25. The van der Waals surface area contributed by atoms with Gasteiger partial charge in [0.15, 0.2) is 0 Å². The van der Waals surface area contributed by atoms with Gasteiger partial charge in [0.1, 0.15) is 0 Å². The fourth-order valence-electron chi connectivity index (χ4n) is 2.01. The quantitative estimate of drug-likeness (QED) is 0.665. The van der Waals surface area contributed by atoms with Gasteiger partial charge >= 0.3 is 0 Å². The van der Waals surface area contributed by atoms with Crippen molar-refractivity contribution in [1.29, 1.82) is 0 Å². The molecule has 0 aromatic rings. The second kappa shape index (κ2) is 4.07. The maximum atomic E-state index is 5.63. The molecule has 1 rings (SSSR count). The van der Waals surface area contributed by atoms with Gasteiger partial charge in [0.05, 0.1) is 0 Å². The normalized spacial score (nSPS) is 29.2. The summed E-state index contributed by atoms with van der Waals surface area (Å²) in [5.41, 5.74) is 5.63. The summed E-state index contributed by atoms with van der Waals surface area (Å²) < 4.78 is 0. The van der Waals surface area contributed by atoms with Crippen LogP contribution in [-0.2, 0) is 0 Å². The van der Waals surface area contributed by atoms with Crippen LogP contribution in [0.5, 0.6) is 0 Å². The third-order valence-corrected chi connectivity index (χ3v) is 2.80. The maximum absolute atomic E-state index is 5.63. The Morgan fingerprint density at radius 1 is 1.64 bits per heavy atom. The molecule has 0 bridgehead atoms. The molecule has 2 atom stereocenters. The number of rotatable bonds is 3. The molecule has 1 fully saturated rings. The summed E-state index contributed by atoms with van der Waals surface area (Å²) in [4.78, 5) is 2.56. The summed E-state index contributed by atoms with van der Waals surface area (Å²) in [5.74, 6) is 0. The fourth-order valence-corrected chi connectivity index (χ4v) is 2.01. The Morgan fingerprint density at radius 2 is 2.36 bits per heavy atom. The van der Waals surface area contributed by atoms with Crippen molar-refractivity contribution in [3.63, 3.8) is 0 Å². The molecule has 1 heterocycles. The first kappa shape index (κ1) is 9.01. The van der Waals surface area contributed by atoms with E-state index < -0.39 is 0 Å². The van der Waals surface area contributed by atoms with Crippen molar-refractivity contribution in [1.82, 2.24) is 4.90 Å². The third-order valence-electron chi connectivity index (χ3n) is 2.80. The molecule has 0 saturated carbocycles. The van der Waals surface area contributed by atoms with E-state index in [0.29, 0.717) is 6.04 Å². The zero-order chi connectivity index (χ0) is 8.27. The standard InChI is InChI=1S/C9H20N2/c1-3-9-5-4-6-11(9)8(2)7-10/h8-9H,3-7,10H2,1-2H3. The first-order valence-electron chi connectivity index (χ1n) is 4.75. The smallest absolute Gasteiger partial charge is 0.0193 e. The number of nitrogens with two attached hydrogens (primary N) is 1. The summed E-state index contributed by atoms with van der Waals surface area (Å²) in [5, 5.41) is 0. The van der Waals surface area contributed by atoms with Crippen LogP contribution in [0, 0.1) is 0 Å². The predicted molar refractivity (Wildman–Crippen MR) is 48.5 cm³/mol. The molecule has 0 radical (unpaired) electrons. The van der Waals surface area contributed by atoms with Crippen LogP contribution in [0.15, 0.2) is 0 Å². The lowest BCUT2D eigenvalue weighted by atomic mass is 10.1. The molecule has 0 aliphatic carbocycles. The van der Waals surface area contributed by atoms with E-state index in [2.05, 4.69) is 18.7 Å². The van der Waals surface area contributed by atoms with E-state index in [0.717, 1.165) is 12.6 Å². The Labute approximate surface area is 69.8 Å². The molecule has 1 aliphatic heterocycles. The maximum Gasteiger partial charge on any atom is 0.0193 e. The molecule has 0 spiro atoms. The van der Waals surface area contributed by atoms with Crippen molar-refractivity contribution in [3.05, 3.63) is 0 Å². The van der Waals surface area contributed by atoms with E-state index in [9.17, 15) is 0 Å². The van der Waals surface area contributed by atoms with Crippen molar-refractivity contribution in [2.75, 3.05) is 13.1 Å². The Bertz CT molecular complexity index is 114. The molecule has 0 aromatic heterocycles. The molecule has 11 heavy (non-hydrogen) atoms. The van der Waals surface area contributed by atoms with Gasteiger partial charge in [-0.1, -0.05) is 6.92 Å². The lowest BCUT2D eigenvalue weighted by molar-refractivity contribution is 0.191. The highest BCUT2D eigenvalue weighted by molar-refractivity contribution is 4.82. The van der Waals surface area contributed by atoms with Crippen LogP contribution in [0.4, 0.5) is 0 Å². The third kappa shape index (κ3) is 1.94. The van der Waals surface area contributed by atoms with Crippen LogP contribution in [-0.4, -0.2) is 30.1 Å². The highest BCUT2D eigenvalue weighted by atomic mass is 15.2. The van der Waals surface area contributed by atoms with E-state index in [1.165, 1.54) is 25.8 Å². The van der Waals surface area contributed by atoms with E-state index in [-0.39, 0.29) is 0 Å². The molecule has 2 N–H and O–H groups in total. The number of likely N-dealkylation sites (tertiary alicyclic amines) is 1. The second-order valence-corrected chi connectivity index (χ2v) is 3.53. The molecule has 1 saturated heterocycles. The summed E-state index contributed by atoms with van der Waals surface area (Å²) in [6.45, 7) is 6.56. The highest BCUT2D eigenvalue weighted by Crippen LogP contribution is 2.21. The van der Waals surface area contributed by atoms with Gasteiger partial charge in [-0.15, -0.1) is 0 Å². The number of hydrogen-bond acceptors (Lipinski definition) is 2. The molecule has 2 nitrogen and oxygen atoms in total. The minimum atomic E-state index is 0.586. The van der Waals surface area contributed by atoms with Crippen LogP contribution in [0.3, 0.4) is 0 Å². The van der Waals surface area contributed by atoms with Crippen molar-refractivity contribution < 1.29 is 0 Å². The van der Waals surface area contributed by atoms with Gasteiger partial charge < -0.3 is 5.73 Å². The van der Waals surface area contributed by atoms with Crippen LogP contribution < -0.4 is 5.73 Å². The van der Waals surface area contributed by atoms with Gasteiger partial charge in [-0.2, -0.15) is 0 Å². The molecule has 66 valence electrons. The SMILES string of the molecule is CCC1CCCN1C(C)CN. The lowest BCUT2D eigenvalue weighted by Crippen LogP contribution is -2.41. The van der Waals surface area contributed by atoms with E-state index >= 15 is 0 Å². The molecule has 0 aromatic carbocycles. The summed E-state index contributed by atoms with van der Waals surface area (Å²) in [7, 11) is 0. The van der Waals surface area contributed by atoms with Crippen molar-refractivity contribution in [3.8, 4) is 0 Å². The van der Waals surface area contributed by atoms with Gasteiger partial charge in [-0.25, -0.2) is 0 Å². The Morgan fingerprint density at radius 3 is 2.91 bits per heavy atom. The molecular formula is C9H20N2. The molecule has 2 unspecified atom stereocenters. The molecular weight excluding hydrogens is 136 g/mol. The second-order valence-electron chi connectivity index (χ2n) is 3.53. The van der Waals surface area contributed by atoms with Crippen LogP contribution in [0.1, 0.15) is 33.1 Å². The van der Waals surface area contributed by atoms with Crippen molar-refractivity contribution in [2.24, 2.45) is 5.73 Å². The number of nitrogens with zero attached hydrogens (tertiary/aromatic N) is 1. The Balaban J connectivity index is 2.42. The van der Waals surface area contributed by atoms with Crippen molar-refractivity contribution >= 4 is 0 Å². The minimum Gasteiger partial charge on any atom is -0.329 e. The van der Waals surface area contributed by atoms with Gasteiger partial charge in [0.2, 0.25) is 0 Å².